The first kappa shape index (κ1) is 27.7. The number of benzene rings is 1. The van der Waals surface area contributed by atoms with Crippen LogP contribution in [-0.2, 0) is 5.41 Å². The maximum atomic E-state index is 13.6. The molecule has 0 saturated carbocycles. The van der Waals surface area contributed by atoms with Crippen molar-refractivity contribution < 1.29 is 9.53 Å². The predicted molar refractivity (Wildman–Crippen MR) is 151 cm³/mol. The van der Waals surface area contributed by atoms with Gasteiger partial charge in [-0.15, -0.1) is 0 Å². The number of amides is 1. The van der Waals surface area contributed by atoms with Crippen molar-refractivity contribution in [3.05, 3.63) is 75.0 Å². The van der Waals surface area contributed by atoms with Gasteiger partial charge in [0.15, 0.2) is 0 Å². The fraction of sp³-hybridized carbons (Fsp3) is 0.379. The van der Waals surface area contributed by atoms with Crippen molar-refractivity contribution in [3.63, 3.8) is 0 Å². The Hall–Kier alpha value is -3.34. The highest BCUT2D eigenvalue weighted by atomic mass is 35.5. The normalized spacial score (nSPS) is 14.0. The maximum absolute atomic E-state index is 13.6. The zero-order valence-electron chi connectivity index (χ0n) is 22.3. The summed E-state index contributed by atoms with van der Waals surface area (Å²) in [6.45, 7) is 12.5. The number of nitrogens with zero attached hydrogens (tertiary/aromatic N) is 5. The van der Waals surface area contributed by atoms with Gasteiger partial charge in [0.25, 0.3) is 5.91 Å². The van der Waals surface area contributed by atoms with Gasteiger partial charge in [-0.05, 0) is 41.2 Å². The number of piperazine rings is 1. The molecule has 3 heterocycles. The molecule has 0 N–H and O–H groups in total. The van der Waals surface area contributed by atoms with E-state index in [1.807, 2.05) is 43.0 Å². The zero-order chi connectivity index (χ0) is 27.6. The molecule has 0 atom stereocenters. The van der Waals surface area contributed by atoms with Crippen molar-refractivity contribution >= 4 is 34.9 Å². The summed E-state index contributed by atoms with van der Waals surface area (Å²) < 4.78 is 6.03. The number of aromatic nitrogens is 2. The lowest BCUT2D eigenvalue weighted by Crippen LogP contribution is -2.49. The Morgan fingerprint density at radius 2 is 1.74 bits per heavy atom. The van der Waals surface area contributed by atoms with Gasteiger partial charge < -0.3 is 14.5 Å². The minimum absolute atomic E-state index is 0.0183. The number of rotatable bonds is 5. The van der Waals surface area contributed by atoms with Gasteiger partial charge in [0.2, 0.25) is 5.88 Å². The van der Waals surface area contributed by atoms with Crippen LogP contribution in [0.3, 0.4) is 0 Å². The van der Waals surface area contributed by atoms with Crippen LogP contribution in [0, 0.1) is 11.3 Å². The van der Waals surface area contributed by atoms with Crippen LogP contribution in [0.5, 0.6) is 11.6 Å². The van der Waals surface area contributed by atoms with Gasteiger partial charge >= 0.3 is 0 Å². The molecule has 0 spiro atoms. The number of carbonyl (C=O) groups excluding carboxylic acids is 1. The highest BCUT2D eigenvalue weighted by Crippen LogP contribution is 2.32. The number of pyridine rings is 2. The number of nitriles is 1. The second kappa shape index (κ2) is 11.2. The fourth-order valence-corrected chi connectivity index (χ4v) is 4.85. The first-order chi connectivity index (χ1) is 18.0. The highest BCUT2D eigenvalue weighted by Gasteiger charge is 2.28. The molecule has 0 unspecified atom stereocenters. The molecule has 0 radical (unpaired) electrons. The van der Waals surface area contributed by atoms with Gasteiger partial charge in [-0.25, -0.2) is 9.97 Å². The van der Waals surface area contributed by atoms with Crippen LogP contribution in [0.15, 0.2) is 42.6 Å². The molecule has 198 valence electrons. The van der Waals surface area contributed by atoms with E-state index in [4.69, 9.17) is 27.9 Å². The summed E-state index contributed by atoms with van der Waals surface area (Å²) in [7, 11) is 0. The molecule has 4 rings (SSSR count). The summed E-state index contributed by atoms with van der Waals surface area (Å²) in [5.74, 6) is 1.22. The third-order valence-corrected chi connectivity index (χ3v) is 6.99. The summed E-state index contributed by atoms with van der Waals surface area (Å²) in [6.07, 6.45) is 1.56. The second-order valence-corrected chi connectivity index (χ2v) is 11.5. The number of hydrogen-bond donors (Lipinski definition) is 0. The summed E-state index contributed by atoms with van der Waals surface area (Å²) in [5, 5.41) is 10.8. The first-order valence-electron chi connectivity index (χ1n) is 12.6. The number of hydrogen-bond acceptors (Lipinski definition) is 6. The SMILES string of the molecule is CC(C)c1nc(Oc2ccc(C(C)(C)C)cc2)c(C#N)cc1C(=O)N1CCN(c2ncc(Cl)cc2Cl)CC1. The van der Waals surface area contributed by atoms with Crippen LogP contribution in [0.25, 0.3) is 0 Å². The van der Waals surface area contributed by atoms with Gasteiger partial charge in [-0.3, -0.25) is 4.79 Å². The van der Waals surface area contributed by atoms with Crippen LogP contribution < -0.4 is 9.64 Å². The Kier molecular flexibility index (Phi) is 8.15. The van der Waals surface area contributed by atoms with Gasteiger partial charge in [0.1, 0.15) is 23.2 Å². The lowest BCUT2D eigenvalue weighted by Gasteiger charge is -2.36. The molecule has 1 aromatic carbocycles. The van der Waals surface area contributed by atoms with E-state index in [0.29, 0.717) is 59.0 Å². The zero-order valence-corrected chi connectivity index (χ0v) is 23.8. The average molecular weight is 553 g/mol. The van der Waals surface area contributed by atoms with Crippen molar-refractivity contribution in [1.29, 1.82) is 5.26 Å². The van der Waals surface area contributed by atoms with Crippen LogP contribution in [0.4, 0.5) is 5.82 Å². The fourth-order valence-electron chi connectivity index (χ4n) is 4.35. The quantitative estimate of drug-likeness (QED) is 0.345. The third kappa shape index (κ3) is 6.03. The van der Waals surface area contributed by atoms with E-state index in [9.17, 15) is 10.1 Å². The van der Waals surface area contributed by atoms with E-state index in [2.05, 4.69) is 36.8 Å². The van der Waals surface area contributed by atoms with Gasteiger partial charge in [0.05, 0.1) is 21.3 Å². The molecule has 0 bridgehead atoms. The van der Waals surface area contributed by atoms with Crippen LogP contribution in [0.2, 0.25) is 10.0 Å². The summed E-state index contributed by atoms with van der Waals surface area (Å²) in [4.78, 5) is 26.4. The van der Waals surface area contributed by atoms with E-state index in [1.165, 1.54) is 5.56 Å². The van der Waals surface area contributed by atoms with Crippen LogP contribution >= 0.6 is 23.2 Å². The second-order valence-electron chi connectivity index (χ2n) is 10.7. The highest BCUT2D eigenvalue weighted by molar-refractivity contribution is 6.36. The Balaban J connectivity index is 1.55. The molecule has 9 heteroatoms. The molecule has 1 amide bonds. The van der Waals surface area contributed by atoms with Crippen molar-refractivity contribution in [2.75, 3.05) is 31.1 Å². The number of ether oxygens (including phenoxy) is 1. The molecule has 0 aliphatic carbocycles. The monoisotopic (exact) mass is 551 g/mol. The van der Waals surface area contributed by atoms with Crippen molar-refractivity contribution in [2.24, 2.45) is 0 Å². The smallest absolute Gasteiger partial charge is 0.255 e. The average Bonchev–Trinajstić information content (AvgIpc) is 2.88. The molecular weight excluding hydrogens is 521 g/mol. The number of carbonyl (C=O) groups is 1. The van der Waals surface area contributed by atoms with E-state index in [1.54, 1.807) is 23.2 Å². The minimum Gasteiger partial charge on any atom is -0.438 e. The minimum atomic E-state index is -0.159. The summed E-state index contributed by atoms with van der Waals surface area (Å²) in [6, 6.07) is 13.2. The van der Waals surface area contributed by atoms with Gasteiger partial charge in [-0.1, -0.05) is 70.0 Å². The van der Waals surface area contributed by atoms with Crippen LogP contribution in [-0.4, -0.2) is 47.0 Å². The topological polar surface area (TPSA) is 82.3 Å². The van der Waals surface area contributed by atoms with Gasteiger partial charge in [-0.2, -0.15) is 5.26 Å². The predicted octanol–water partition coefficient (Wildman–Crippen LogP) is 6.83. The standard InChI is InChI=1S/C29H31Cl2N5O2/c1-18(2)25-23(28(37)36-12-10-35(11-13-36)26-24(31)15-21(30)17-33-26)14-19(16-32)27(34-25)38-22-8-6-20(7-9-22)29(3,4)5/h6-9,14-15,17-18H,10-13H2,1-5H3. The molecule has 1 saturated heterocycles. The Bertz CT molecular complexity index is 1370. The molecule has 1 aliphatic heterocycles. The summed E-state index contributed by atoms with van der Waals surface area (Å²) in [5.41, 5.74) is 2.43. The van der Waals surface area contributed by atoms with Gasteiger partial charge in [0, 0.05) is 32.4 Å². The van der Waals surface area contributed by atoms with Crippen LogP contribution in [0.1, 0.15) is 67.7 Å². The van der Waals surface area contributed by atoms with Crippen molar-refractivity contribution in [2.45, 2.75) is 46.0 Å². The molecule has 7 nitrogen and oxygen atoms in total. The maximum Gasteiger partial charge on any atom is 0.255 e. The molecule has 2 aromatic heterocycles. The van der Waals surface area contributed by atoms with Crippen molar-refractivity contribution in [1.82, 2.24) is 14.9 Å². The Morgan fingerprint density at radius 1 is 1.08 bits per heavy atom. The number of halogens is 2. The van der Waals surface area contributed by atoms with E-state index >= 15 is 0 Å². The van der Waals surface area contributed by atoms with E-state index in [0.717, 1.165) is 0 Å². The largest absolute Gasteiger partial charge is 0.438 e. The van der Waals surface area contributed by atoms with Crippen molar-refractivity contribution in [3.8, 4) is 17.7 Å². The lowest BCUT2D eigenvalue weighted by molar-refractivity contribution is 0.0744. The Labute approximate surface area is 234 Å². The summed E-state index contributed by atoms with van der Waals surface area (Å²) >= 11 is 12.3. The molecule has 1 aliphatic rings. The first-order valence-corrected chi connectivity index (χ1v) is 13.3. The molecular formula is C29H31Cl2N5O2. The Morgan fingerprint density at radius 3 is 2.29 bits per heavy atom. The molecule has 3 aromatic rings. The third-order valence-electron chi connectivity index (χ3n) is 6.50. The number of anilines is 1. The van der Waals surface area contributed by atoms with E-state index in [-0.39, 0.29) is 28.7 Å². The lowest BCUT2D eigenvalue weighted by atomic mass is 9.87. The van der Waals surface area contributed by atoms with E-state index < -0.39 is 0 Å². The molecule has 1 fully saturated rings. The molecule has 38 heavy (non-hydrogen) atoms.